The van der Waals surface area contributed by atoms with Gasteiger partial charge in [-0.3, -0.25) is 14.2 Å². The van der Waals surface area contributed by atoms with Gasteiger partial charge in [0.2, 0.25) is 5.91 Å². The maximum atomic E-state index is 13.2. The average Bonchev–Trinajstić information content (AvgIpc) is 3.01. The van der Waals surface area contributed by atoms with Gasteiger partial charge in [0, 0.05) is 18.0 Å². The molecule has 0 aromatic carbocycles. The first-order chi connectivity index (χ1) is 12.9. The van der Waals surface area contributed by atoms with E-state index in [2.05, 4.69) is 25.7 Å². The SMILES string of the molecule is C=CCn1c(SC(C)C(=O)NCC(C)C)nc2sc3c(c2c1=O)CCCC3. The summed E-state index contributed by atoms with van der Waals surface area (Å²) in [5, 5.41) is 4.00. The summed E-state index contributed by atoms with van der Waals surface area (Å²) < 4.78 is 1.66. The van der Waals surface area contributed by atoms with Gasteiger partial charge < -0.3 is 5.32 Å². The molecular weight excluding hydrogens is 378 g/mol. The maximum absolute atomic E-state index is 13.2. The minimum atomic E-state index is -0.321. The van der Waals surface area contributed by atoms with Gasteiger partial charge in [0.1, 0.15) is 4.83 Å². The fraction of sp³-hybridized carbons (Fsp3) is 0.550. The Morgan fingerprint density at radius 2 is 2.11 bits per heavy atom. The van der Waals surface area contributed by atoms with E-state index in [4.69, 9.17) is 4.98 Å². The molecule has 1 amide bonds. The van der Waals surface area contributed by atoms with Gasteiger partial charge in [0.15, 0.2) is 5.16 Å². The zero-order chi connectivity index (χ0) is 19.6. The second-order valence-corrected chi connectivity index (χ2v) is 9.78. The Bertz CT molecular complexity index is 914. The van der Waals surface area contributed by atoms with E-state index in [1.54, 1.807) is 22.0 Å². The standard InChI is InChI=1S/C20H27N3O2S2/c1-5-10-23-19(25)16-14-8-6-7-9-15(14)27-18(16)22-20(23)26-13(4)17(24)21-11-12(2)3/h5,12-13H,1,6-11H2,2-4H3,(H,21,24). The Labute approximate surface area is 168 Å². The first-order valence-electron chi connectivity index (χ1n) is 9.52. The van der Waals surface area contributed by atoms with Gasteiger partial charge in [0.05, 0.1) is 10.6 Å². The highest BCUT2D eigenvalue weighted by molar-refractivity contribution is 8.00. The molecule has 2 aromatic rings. The summed E-state index contributed by atoms with van der Waals surface area (Å²) in [6.07, 6.45) is 6.01. The molecule has 0 fully saturated rings. The van der Waals surface area contributed by atoms with Crippen molar-refractivity contribution in [3.63, 3.8) is 0 Å². The number of hydrogen-bond acceptors (Lipinski definition) is 5. The molecule has 146 valence electrons. The highest BCUT2D eigenvalue weighted by atomic mass is 32.2. The Hall–Kier alpha value is -1.60. The number of fused-ring (bicyclic) bond motifs is 3. The predicted molar refractivity (Wildman–Crippen MR) is 114 cm³/mol. The van der Waals surface area contributed by atoms with Crippen molar-refractivity contribution in [2.75, 3.05) is 6.54 Å². The molecule has 27 heavy (non-hydrogen) atoms. The Kier molecular flexibility index (Phi) is 6.42. The van der Waals surface area contributed by atoms with E-state index in [-0.39, 0.29) is 16.7 Å². The Morgan fingerprint density at radius 1 is 1.37 bits per heavy atom. The number of thiophene rings is 1. The van der Waals surface area contributed by atoms with Gasteiger partial charge in [-0.1, -0.05) is 31.7 Å². The van der Waals surface area contributed by atoms with Crippen LogP contribution in [0.4, 0.5) is 0 Å². The fourth-order valence-electron chi connectivity index (χ4n) is 3.26. The quantitative estimate of drug-likeness (QED) is 0.433. The first kappa shape index (κ1) is 20.1. The van der Waals surface area contributed by atoms with Crippen LogP contribution in [-0.2, 0) is 24.2 Å². The van der Waals surface area contributed by atoms with Crippen molar-refractivity contribution in [2.24, 2.45) is 5.92 Å². The molecule has 5 nitrogen and oxygen atoms in total. The van der Waals surface area contributed by atoms with Crippen LogP contribution in [0.2, 0.25) is 0 Å². The van der Waals surface area contributed by atoms with Crippen LogP contribution in [0.15, 0.2) is 22.6 Å². The molecule has 0 aliphatic heterocycles. The molecule has 3 rings (SSSR count). The van der Waals surface area contributed by atoms with E-state index in [1.807, 2.05) is 6.92 Å². The molecule has 0 radical (unpaired) electrons. The summed E-state index contributed by atoms with van der Waals surface area (Å²) in [7, 11) is 0. The minimum absolute atomic E-state index is 0.00316. The lowest BCUT2D eigenvalue weighted by Crippen LogP contribution is -2.34. The number of thioether (sulfide) groups is 1. The summed E-state index contributed by atoms with van der Waals surface area (Å²) in [6, 6.07) is 0. The molecule has 7 heteroatoms. The van der Waals surface area contributed by atoms with Gasteiger partial charge in [-0.15, -0.1) is 17.9 Å². The third-order valence-electron chi connectivity index (χ3n) is 4.69. The smallest absolute Gasteiger partial charge is 0.263 e. The number of hydrogen-bond donors (Lipinski definition) is 1. The van der Waals surface area contributed by atoms with Crippen LogP contribution < -0.4 is 10.9 Å². The summed E-state index contributed by atoms with van der Waals surface area (Å²) in [5.41, 5.74) is 1.19. The Balaban J connectivity index is 1.97. The van der Waals surface area contributed by atoms with Crippen molar-refractivity contribution in [3.8, 4) is 0 Å². The van der Waals surface area contributed by atoms with Crippen LogP contribution in [-0.4, -0.2) is 27.3 Å². The molecule has 2 heterocycles. The van der Waals surface area contributed by atoms with Gasteiger partial charge in [-0.25, -0.2) is 4.98 Å². The molecule has 0 bridgehead atoms. The minimum Gasteiger partial charge on any atom is -0.355 e. The van der Waals surface area contributed by atoms with Gasteiger partial charge >= 0.3 is 0 Å². The number of carbonyl (C=O) groups is 1. The summed E-state index contributed by atoms with van der Waals surface area (Å²) in [4.78, 5) is 32.5. The third kappa shape index (κ3) is 4.29. The number of allylic oxidation sites excluding steroid dienone is 1. The topological polar surface area (TPSA) is 64.0 Å². The molecule has 0 saturated carbocycles. The van der Waals surface area contributed by atoms with Gasteiger partial charge in [-0.05, 0) is 44.1 Å². The largest absolute Gasteiger partial charge is 0.355 e. The Morgan fingerprint density at radius 3 is 2.81 bits per heavy atom. The van der Waals surface area contributed by atoms with Crippen LogP contribution >= 0.6 is 23.1 Å². The van der Waals surface area contributed by atoms with E-state index in [1.165, 1.54) is 28.6 Å². The molecule has 1 unspecified atom stereocenters. The normalized spacial score (nSPS) is 15.0. The molecule has 0 saturated heterocycles. The molecule has 1 aliphatic rings. The second-order valence-electron chi connectivity index (χ2n) is 7.39. The van der Waals surface area contributed by atoms with Crippen LogP contribution in [0.5, 0.6) is 0 Å². The lowest BCUT2D eigenvalue weighted by atomic mass is 9.97. The van der Waals surface area contributed by atoms with Crippen molar-refractivity contribution in [3.05, 3.63) is 33.4 Å². The molecule has 1 aliphatic carbocycles. The number of nitrogens with one attached hydrogen (secondary N) is 1. The first-order valence-corrected chi connectivity index (χ1v) is 11.2. The van der Waals surface area contributed by atoms with Crippen LogP contribution in [0.25, 0.3) is 10.2 Å². The number of carbonyl (C=O) groups excluding carboxylic acids is 1. The maximum Gasteiger partial charge on any atom is 0.263 e. The van der Waals surface area contributed by atoms with E-state index in [9.17, 15) is 9.59 Å². The number of amides is 1. The van der Waals surface area contributed by atoms with Crippen LogP contribution in [0, 0.1) is 5.92 Å². The highest BCUT2D eigenvalue weighted by Gasteiger charge is 2.24. The average molecular weight is 406 g/mol. The molecule has 1 N–H and O–H groups in total. The third-order valence-corrected chi connectivity index (χ3v) is 6.96. The zero-order valence-electron chi connectivity index (χ0n) is 16.2. The van der Waals surface area contributed by atoms with E-state index >= 15 is 0 Å². The van der Waals surface area contributed by atoms with Gasteiger partial charge in [-0.2, -0.15) is 0 Å². The number of aryl methyl sites for hydroxylation is 2. The number of aromatic nitrogens is 2. The summed E-state index contributed by atoms with van der Waals surface area (Å²) in [5.74, 6) is 0.371. The fourth-order valence-corrected chi connectivity index (χ4v) is 5.50. The van der Waals surface area contributed by atoms with E-state index < -0.39 is 0 Å². The van der Waals surface area contributed by atoms with Crippen molar-refractivity contribution in [2.45, 2.75) is 63.4 Å². The number of rotatable bonds is 7. The number of nitrogens with zero attached hydrogens (tertiary/aromatic N) is 2. The predicted octanol–water partition coefficient (Wildman–Crippen LogP) is 3.78. The monoisotopic (exact) mass is 405 g/mol. The molecule has 2 aromatic heterocycles. The summed E-state index contributed by atoms with van der Waals surface area (Å²) >= 11 is 2.98. The lowest BCUT2D eigenvalue weighted by molar-refractivity contribution is -0.120. The summed E-state index contributed by atoms with van der Waals surface area (Å²) in [6.45, 7) is 10.8. The zero-order valence-corrected chi connectivity index (χ0v) is 17.8. The van der Waals surface area contributed by atoms with Crippen LogP contribution in [0.1, 0.15) is 44.1 Å². The van der Waals surface area contributed by atoms with Crippen LogP contribution in [0.3, 0.4) is 0 Å². The highest BCUT2D eigenvalue weighted by Crippen LogP contribution is 2.35. The van der Waals surface area contributed by atoms with Crippen molar-refractivity contribution < 1.29 is 4.79 Å². The van der Waals surface area contributed by atoms with Crippen molar-refractivity contribution in [1.29, 1.82) is 0 Å². The van der Waals surface area contributed by atoms with Crippen molar-refractivity contribution >= 4 is 39.2 Å². The van der Waals surface area contributed by atoms with E-state index in [0.717, 1.165) is 29.5 Å². The van der Waals surface area contributed by atoms with E-state index in [0.29, 0.717) is 24.2 Å². The lowest BCUT2D eigenvalue weighted by Gasteiger charge is -2.16. The van der Waals surface area contributed by atoms with Gasteiger partial charge in [0.25, 0.3) is 5.56 Å². The molecule has 0 spiro atoms. The molecular formula is C20H27N3O2S2. The molecule has 1 atom stereocenters. The second kappa shape index (κ2) is 8.61. The van der Waals surface area contributed by atoms with Crippen molar-refractivity contribution in [1.82, 2.24) is 14.9 Å².